The SMILES string of the molecule is CC.CCCCCCC/C=C/CCCCCCCC=O.CCc1cc(Cl)cc(OC)c1/C(=C\O)C(=O)NC1(C)CCC(OC)CC1. The predicted octanol–water partition coefficient (Wildman–Crippen LogP) is 11.1. The maximum absolute atomic E-state index is 13.0. The van der Waals surface area contributed by atoms with Gasteiger partial charge in [0.1, 0.15) is 12.0 Å². The number of unbranched alkanes of at least 4 members (excludes halogenated alkanes) is 11. The highest BCUT2D eigenvalue weighted by Crippen LogP contribution is 2.35. The highest BCUT2D eigenvalue weighted by Gasteiger charge is 2.34. The number of carbonyl (C=O) groups excluding carboxylic acids is 2. The zero-order chi connectivity index (χ0) is 34.6. The normalized spacial score (nSPS) is 17.8. The van der Waals surface area contributed by atoms with E-state index in [2.05, 4.69) is 24.4 Å². The lowest BCUT2D eigenvalue weighted by Gasteiger charge is -2.37. The summed E-state index contributed by atoms with van der Waals surface area (Å²) in [5, 5.41) is 13.4. The minimum Gasteiger partial charge on any atom is -0.515 e. The van der Waals surface area contributed by atoms with E-state index in [1.807, 2.05) is 27.7 Å². The molecule has 1 amide bonds. The number of amides is 1. The van der Waals surface area contributed by atoms with Crippen molar-refractivity contribution in [1.82, 2.24) is 5.32 Å². The highest BCUT2D eigenvalue weighted by atomic mass is 35.5. The van der Waals surface area contributed by atoms with Gasteiger partial charge in [0, 0.05) is 29.7 Å². The Kier molecular flexibility index (Phi) is 26.4. The van der Waals surface area contributed by atoms with Crippen molar-refractivity contribution in [2.45, 2.75) is 162 Å². The molecular weight excluding hydrogens is 598 g/mol. The first-order valence-corrected chi connectivity index (χ1v) is 18.3. The van der Waals surface area contributed by atoms with Gasteiger partial charge in [-0.15, -0.1) is 0 Å². The first-order chi connectivity index (χ1) is 22.3. The third-order valence-electron chi connectivity index (χ3n) is 8.51. The number of rotatable bonds is 20. The fourth-order valence-corrected chi connectivity index (χ4v) is 5.90. The third kappa shape index (κ3) is 18.1. The second kappa shape index (κ2) is 27.8. The van der Waals surface area contributed by atoms with Crippen molar-refractivity contribution in [3.63, 3.8) is 0 Å². The number of aryl methyl sites for hydroxylation is 1. The third-order valence-corrected chi connectivity index (χ3v) is 8.73. The molecule has 2 N–H and O–H groups in total. The van der Waals surface area contributed by atoms with Crippen LogP contribution in [0.5, 0.6) is 5.75 Å². The fraction of sp³-hybridized carbons (Fsp3) is 0.692. The van der Waals surface area contributed by atoms with Gasteiger partial charge in [0.15, 0.2) is 0 Å². The fourth-order valence-electron chi connectivity index (χ4n) is 5.67. The molecule has 0 atom stereocenters. The smallest absolute Gasteiger partial charge is 0.255 e. The molecule has 264 valence electrons. The zero-order valence-electron chi connectivity index (χ0n) is 30.2. The molecule has 0 aliphatic heterocycles. The van der Waals surface area contributed by atoms with Crippen LogP contribution >= 0.6 is 11.6 Å². The lowest BCUT2D eigenvalue weighted by atomic mass is 9.81. The van der Waals surface area contributed by atoms with Crippen molar-refractivity contribution >= 4 is 29.4 Å². The summed E-state index contributed by atoms with van der Waals surface area (Å²) in [6.45, 7) is 10.3. The number of aliphatic hydroxyl groups is 1. The number of aldehydes is 1. The van der Waals surface area contributed by atoms with Crippen molar-refractivity contribution in [2.75, 3.05) is 14.2 Å². The molecule has 1 fully saturated rings. The average Bonchev–Trinajstić information content (AvgIpc) is 3.07. The van der Waals surface area contributed by atoms with Crippen LogP contribution in [0.25, 0.3) is 5.57 Å². The summed E-state index contributed by atoms with van der Waals surface area (Å²) in [4.78, 5) is 23.1. The van der Waals surface area contributed by atoms with Crippen LogP contribution in [0.1, 0.15) is 155 Å². The van der Waals surface area contributed by atoms with E-state index in [0.717, 1.165) is 56.6 Å². The molecule has 0 bridgehead atoms. The minimum atomic E-state index is -0.327. The van der Waals surface area contributed by atoms with Gasteiger partial charge in [-0.25, -0.2) is 0 Å². The Bertz CT molecular complexity index is 973. The van der Waals surface area contributed by atoms with Crippen molar-refractivity contribution in [3.8, 4) is 5.75 Å². The molecule has 2 rings (SSSR count). The van der Waals surface area contributed by atoms with Crippen LogP contribution in [0.2, 0.25) is 5.02 Å². The average molecular weight is 664 g/mol. The van der Waals surface area contributed by atoms with Crippen molar-refractivity contribution in [3.05, 3.63) is 46.7 Å². The maximum Gasteiger partial charge on any atom is 0.255 e. The summed E-state index contributed by atoms with van der Waals surface area (Å²) >= 11 is 6.14. The highest BCUT2D eigenvalue weighted by molar-refractivity contribution is 6.31. The standard InChI is InChI=1S/C20H28ClNO4.C17H32O.C2H6/c1-5-13-10-14(21)11-17(26-4)18(13)16(12-23)19(24)22-20(2)8-6-15(25-3)7-9-20;1-2-3-4-5-6-7-8-9-10-11-12-13-14-15-16-17-18;1-2/h10-12,15,23H,5-9H2,1-4H3,(H,22,24);8-9,17H,2-7,10-16H2,1H3;1-2H3/b16-12+;9-8+;. The van der Waals surface area contributed by atoms with Crippen LogP contribution < -0.4 is 10.1 Å². The topological polar surface area (TPSA) is 84.9 Å². The van der Waals surface area contributed by atoms with Gasteiger partial charge in [0.2, 0.25) is 0 Å². The van der Waals surface area contributed by atoms with Crippen LogP contribution in [0.3, 0.4) is 0 Å². The molecule has 0 heterocycles. The maximum atomic E-state index is 13.0. The Morgan fingerprint density at radius 1 is 0.935 bits per heavy atom. The summed E-state index contributed by atoms with van der Waals surface area (Å²) < 4.78 is 10.8. The monoisotopic (exact) mass is 663 g/mol. The van der Waals surface area contributed by atoms with E-state index >= 15 is 0 Å². The summed E-state index contributed by atoms with van der Waals surface area (Å²) in [5.74, 6) is 0.152. The number of benzene rings is 1. The van der Waals surface area contributed by atoms with Crippen LogP contribution in [0, 0.1) is 0 Å². The first kappa shape index (κ1) is 43.7. The molecule has 0 radical (unpaired) electrons. The number of methoxy groups -OCH3 is 2. The molecule has 1 aliphatic rings. The summed E-state index contributed by atoms with van der Waals surface area (Å²) in [6, 6.07) is 3.44. The molecule has 6 nitrogen and oxygen atoms in total. The van der Waals surface area contributed by atoms with E-state index in [9.17, 15) is 14.7 Å². The molecular formula is C39H66ClNO5. The van der Waals surface area contributed by atoms with Gasteiger partial charge in [-0.1, -0.05) is 96.4 Å². The Hall–Kier alpha value is -2.31. The number of hydrogen-bond acceptors (Lipinski definition) is 5. The van der Waals surface area contributed by atoms with Crippen molar-refractivity contribution in [2.24, 2.45) is 0 Å². The van der Waals surface area contributed by atoms with Crippen LogP contribution in [-0.4, -0.2) is 43.2 Å². The van der Waals surface area contributed by atoms with Gasteiger partial charge in [-0.05, 0) is 88.8 Å². The van der Waals surface area contributed by atoms with Gasteiger partial charge in [0.25, 0.3) is 5.91 Å². The second-order valence-electron chi connectivity index (χ2n) is 12.2. The lowest BCUT2D eigenvalue weighted by Crippen LogP contribution is -2.49. The van der Waals surface area contributed by atoms with E-state index in [4.69, 9.17) is 21.1 Å². The number of ether oxygens (including phenoxy) is 2. The van der Waals surface area contributed by atoms with Crippen LogP contribution in [-0.2, 0) is 20.7 Å². The van der Waals surface area contributed by atoms with E-state index in [0.29, 0.717) is 22.8 Å². The molecule has 0 spiro atoms. The molecule has 0 unspecified atom stereocenters. The Labute approximate surface area is 286 Å². The molecule has 7 heteroatoms. The van der Waals surface area contributed by atoms with Gasteiger partial charge >= 0.3 is 0 Å². The largest absolute Gasteiger partial charge is 0.515 e. The molecule has 1 aliphatic carbocycles. The molecule has 0 saturated heterocycles. The van der Waals surface area contributed by atoms with E-state index in [1.54, 1.807) is 19.2 Å². The number of allylic oxidation sites excluding steroid dienone is 2. The van der Waals surface area contributed by atoms with Gasteiger partial charge in [-0.3, -0.25) is 4.79 Å². The minimum absolute atomic E-state index is 0.186. The molecule has 0 aromatic heterocycles. The van der Waals surface area contributed by atoms with Gasteiger partial charge in [0.05, 0.1) is 25.0 Å². The summed E-state index contributed by atoms with van der Waals surface area (Å²) in [6.07, 6.45) is 27.3. The lowest BCUT2D eigenvalue weighted by molar-refractivity contribution is -0.118. The quantitative estimate of drug-likeness (QED) is 0.0476. The van der Waals surface area contributed by atoms with Crippen LogP contribution in [0.4, 0.5) is 0 Å². The molecule has 1 aromatic rings. The Morgan fingerprint density at radius 3 is 1.96 bits per heavy atom. The van der Waals surface area contributed by atoms with Crippen LogP contribution in [0.15, 0.2) is 30.5 Å². The molecule has 1 aromatic carbocycles. The van der Waals surface area contributed by atoms with E-state index in [1.165, 1.54) is 77.7 Å². The molecule has 1 saturated carbocycles. The van der Waals surface area contributed by atoms with Crippen molar-refractivity contribution in [1.29, 1.82) is 0 Å². The number of halogens is 1. The van der Waals surface area contributed by atoms with Crippen molar-refractivity contribution < 1.29 is 24.2 Å². The zero-order valence-corrected chi connectivity index (χ0v) is 31.0. The number of carbonyl (C=O) groups is 2. The number of hydrogen-bond donors (Lipinski definition) is 2. The predicted molar refractivity (Wildman–Crippen MR) is 196 cm³/mol. The Morgan fingerprint density at radius 2 is 1.48 bits per heavy atom. The van der Waals surface area contributed by atoms with Gasteiger partial charge < -0.3 is 24.7 Å². The molecule has 46 heavy (non-hydrogen) atoms. The summed E-state index contributed by atoms with van der Waals surface area (Å²) in [5.41, 5.74) is 1.28. The van der Waals surface area contributed by atoms with E-state index in [-0.39, 0.29) is 23.1 Å². The number of aliphatic hydroxyl groups excluding tert-OH is 1. The number of nitrogens with one attached hydrogen (secondary N) is 1. The summed E-state index contributed by atoms with van der Waals surface area (Å²) in [7, 11) is 3.24. The van der Waals surface area contributed by atoms with Gasteiger partial charge in [-0.2, -0.15) is 0 Å². The Balaban J connectivity index is 0.000000891. The van der Waals surface area contributed by atoms with E-state index < -0.39 is 0 Å². The first-order valence-electron chi connectivity index (χ1n) is 17.9. The second-order valence-corrected chi connectivity index (χ2v) is 12.6.